The molecule has 0 unspecified atom stereocenters. The minimum absolute atomic E-state index is 0.0481. The molecule has 1 aromatic carbocycles. The Balaban J connectivity index is 1.77. The summed E-state index contributed by atoms with van der Waals surface area (Å²) in [5.41, 5.74) is 1.90. The fourth-order valence-electron chi connectivity index (χ4n) is 2.82. The molecule has 0 saturated carbocycles. The van der Waals surface area contributed by atoms with Gasteiger partial charge in [-0.05, 0) is 37.5 Å². The Labute approximate surface area is 144 Å². The van der Waals surface area contributed by atoms with Gasteiger partial charge in [-0.2, -0.15) is 0 Å². The van der Waals surface area contributed by atoms with Crippen LogP contribution in [0.25, 0.3) is 0 Å². The highest BCUT2D eigenvalue weighted by Crippen LogP contribution is 2.32. The van der Waals surface area contributed by atoms with E-state index in [4.69, 9.17) is 4.74 Å². The number of ether oxygens (including phenoxy) is 1. The first kappa shape index (κ1) is 18.3. The lowest BCUT2D eigenvalue weighted by Crippen LogP contribution is -2.39. The molecule has 1 aliphatic heterocycles. The van der Waals surface area contributed by atoms with Crippen molar-refractivity contribution >= 4 is 17.5 Å². The Morgan fingerprint density at radius 1 is 1.25 bits per heavy atom. The highest BCUT2D eigenvalue weighted by molar-refractivity contribution is 5.97. The molecule has 0 spiro atoms. The van der Waals surface area contributed by atoms with E-state index in [1.165, 1.54) is 12.8 Å². The molecule has 2 amide bonds. The Morgan fingerprint density at radius 3 is 2.88 bits per heavy atom. The average Bonchev–Trinajstić information content (AvgIpc) is 2.56. The summed E-state index contributed by atoms with van der Waals surface area (Å²) in [7, 11) is 0. The quantitative estimate of drug-likeness (QED) is 0.707. The Bertz CT molecular complexity index is 572. The number of benzene rings is 1. The molecule has 0 atom stereocenters. The number of carbonyl (C=O) groups is 2. The molecule has 0 bridgehead atoms. The number of rotatable bonds is 9. The van der Waals surface area contributed by atoms with Crippen molar-refractivity contribution in [3.05, 3.63) is 23.8 Å². The maximum Gasteiger partial charge on any atom is 0.265 e. The van der Waals surface area contributed by atoms with Crippen LogP contribution in [0.1, 0.15) is 51.0 Å². The number of nitrogens with zero attached hydrogens (tertiary/aromatic N) is 1. The fraction of sp³-hybridized carbons (Fsp3) is 0.579. The van der Waals surface area contributed by atoms with E-state index in [1.54, 1.807) is 4.90 Å². The van der Waals surface area contributed by atoms with E-state index in [-0.39, 0.29) is 18.4 Å². The van der Waals surface area contributed by atoms with Gasteiger partial charge < -0.3 is 15.0 Å². The van der Waals surface area contributed by atoms with Crippen LogP contribution in [-0.4, -0.2) is 31.5 Å². The summed E-state index contributed by atoms with van der Waals surface area (Å²) in [4.78, 5) is 25.7. The predicted octanol–water partition coefficient (Wildman–Crippen LogP) is 3.20. The molecule has 5 nitrogen and oxygen atoms in total. The van der Waals surface area contributed by atoms with Gasteiger partial charge in [-0.25, -0.2) is 0 Å². The van der Waals surface area contributed by atoms with Crippen molar-refractivity contribution in [1.29, 1.82) is 0 Å². The first-order valence-corrected chi connectivity index (χ1v) is 8.92. The number of hydrogen-bond donors (Lipinski definition) is 1. The summed E-state index contributed by atoms with van der Waals surface area (Å²) < 4.78 is 5.46. The van der Waals surface area contributed by atoms with Gasteiger partial charge in [-0.1, -0.05) is 32.3 Å². The van der Waals surface area contributed by atoms with Crippen LogP contribution in [0.15, 0.2) is 18.2 Å². The zero-order valence-corrected chi connectivity index (χ0v) is 14.8. The number of fused-ring (bicyclic) bond motifs is 1. The Hall–Kier alpha value is -2.04. The van der Waals surface area contributed by atoms with Gasteiger partial charge in [0.05, 0.1) is 5.69 Å². The fourth-order valence-corrected chi connectivity index (χ4v) is 2.82. The van der Waals surface area contributed by atoms with Gasteiger partial charge in [0.1, 0.15) is 5.75 Å². The molecule has 1 N–H and O–H groups in total. The summed E-state index contributed by atoms with van der Waals surface area (Å²) in [6, 6.07) is 5.83. The second-order valence-electron chi connectivity index (χ2n) is 6.32. The van der Waals surface area contributed by atoms with Crippen LogP contribution in [0.4, 0.5) is 5.69 Å². The Kier molecular flexibility index (Phi) is 7.09. The van der Waals surface area contributed by atoms with E-state index in [9.17, 15) is 9.59 Å². The standard InChI is InChI=1S/C19H28N2O3/c1-3-4-5-6-11-20-18(22)8-7-12-21-16-13-15(2)9-10-17(16)24-14-19(21)23/h9-10,13H,3-8,11-12,14H2,1-2H3,(H,20,22). The topological polar surface area (TPSA) is 58.6 Å². The molecule has 132 valence electrons. The van der Waals surface area contributed by atoms with Crippen molar-refractivity contribution in [2.24, 2.45) is 0 Å². The van der Waals surface area contributed by atoms with Gasteiger partial charge in [0, 0.05) is 19.5 Å². The van der Waals surface area contributed by atoms with E-state index >= 15 is 0 Å². The smallest absolute Gasteiger partial charge is 0.265 e. The molecule has 0 saturated heterocycles. The molecule has 2 rings (SSSR count). The van der Waals surface area contributed by atoms with Crippen LogP contribution in [0, 0.1) is 6.92 Å². The third-order valence-corrected chi connectivity index (χ3v) is 4.20. The van der Waals surface area contributed by atoms with Crippen molar-refractivity contribution < 1.29 is 14.3 Å². The van der Waals surface area contributed by atoms with Crippen molar-refractivity contribution in [3.63, 3.8) is 0 Å². The highest BCUT2D eigenvalue weighted by atomic mass is 16.5. The molecule has 1 heterocycles. The van der Waals surface area contributed by atoms with E-state index in [1.807, 2.05) is 25.1 Å². The number of carbonyl (C=O) groups excluding carboxylic acids is 2. The van der Waals surface area contributed by atoms with Gasteiger partial charge in [0.15, 0.2) is 6.61 Å². The molecule has 5 heteroatoms. The first-order chi connectivity index (χ1) is 11.6. The van der Waals surface area contributed by atoms with Crippen LogP contribution in [0.2, 0.25) is 0 Å². The Morgan fingerprint density at radius 2 is 2.08 bits per heavy atom. The number of anilines is 1. The number of hydrogen-bond acceptors (Lipinski definition) is 3. The zero-order valence-electron chi connectivity index (χ0n) is 14.8. The monoisotopic (exact) mass is 332 g/mol. The van der Waals surface area contributed by atoms with Crippen molar-refractivity contribution in [1.82, 2.24) is 5.32 Å². The lowest BCUT2D eigenvalue weighted by Gasteiger charge is -2.29. The van der Waals surface area contributed by atoms with Crippen LogP contribution in [-0.2, 0) is 9.59 Å². The van der Waals surface area contributed by atoms with E-state index in [2.05, 4.69) is 12.2 Å². The lowest BCUT2D eigenvalue weighted by molar-refractivity contribution is -0.122. The summed E-state index contributed by atoms with van der Waals surface area (Å²) >= 11 is 0. The van der Waals surface area contributed by atoms with Crippen LogP contribution < -0.4 is 15.0 Å². The highest BCUT2D eigenvalue weighted by Gasteiger charge is 2.25. The normalized spacial score (nSPS) is 13.4. The second-order valence-corrected chi connectivity index (χ2v) is 6.32. The maximum absolute atomic E-state index is 12.1. The van der Waals surface area contributed by atoms with Crippen molar-refractivity contribution in [3.8, 4) is 5.75 Å². The predicted molar refractivity (Wildman–Crippen MR) is 95.4 cm³/mol. The zero-order chi connectivity index (χ0) is 17.4. The largest absolute Gasteiger partial charge is 0.482 e. The van der Waals surface area contributed by atoms with Crippen LogP contribution >= 0.6 is 0 Å². The van der Waals surface area contributed by atoms with Gasteiger partial charge in [0.25, 0.3) is 5.91 Å². The SMILES string of the molecule is CCCCCCNC(=O)CCCN1C(=O)COc2ccc(C)cc21. The molecule has 0 radical (unpaired) electrons. The average molecular weight is 332 g/mol. The van der Waals surface area contributed by atoms with Gasteiger partial charge >= 0.3 is 0 Å². The summed E-state index contributed by atoms with van der Waals surface area (Å²) in [6.45, 7) is 5.52. The van der Waals surface area contributed by atoms with Gasteiger partial charge in [-0.15, -0.1) is 0 Å². The van der Waals surface area contributed by atoms with Gasteiger partial charge in [0.2, 0.25) is 5.91 Å². The first-order valence-electron chi connectivity index (χ1n) is 8.92. The maximum atomic E-state index is 12.1. The van der Waals surface area contributed by atoms with Crippen molar-refractivity contribution in [2.75, 3.05) is 24.6 Å². The number of amides is 2. The van der Waals surface area contributed by atoms with Crippen molar-refractivity contribution in [2.45, 2.75) is 52.4 Å². The second kappa shape index (κ2) is 9.30. The lowest BCUT2D eigenvalue weighted by atomic mass is 10.1. The minimum Gasteiger partial charge on any atom is -0.482 e. The third kappa shape index (κ3) is 5.25. The number of unbranched alkanes of at least 4 members (excludes halogenated alkanes) is 3. The third-order valence-electron chi connectivity index (χ3n) is 4.20. The molecular formula is C19H28N2O3. The van der Waals surface area contributed by atoms with Crippen LogP contribution in [0.3, 0.4) is 0 Å². The van der Waals surface area contributed by atoms with E-state index in [0.29, 0.717) is 19.4 Å². The molecule has 0 aliphatic carbocycles. The van der Waals surface area contributed by atoms with E-state index in [0.717, 1.165) is 36.4 Å². The molecular weight excluding hydrogens is 304 g/mol. The minimum atomic E-state index is -0.0481. The summed E-state index contributed by atoms with van der Waals surface area (Å²) in [5, 5.41) is 2.95. The summed E-state index contributed by atoms with van der Waals surface area (Å²) in [6.07, 6.45) is 5.71. The number of nitrogens with one attached hydrogen (secondary N) is 1. The van der Waals surface area contributed by atoms with Gasteiger partial charge in [-0.3, -0.25) is 9.59 Å². The molecule has 1 aliphatic rings. The molecule has 0 aromatic heterocycles. The molecule has 1 aromatic rings. The molecule has 0 fully saturated rings. The van der Waals surface area contributed by atoms with Crippen LogP contribution in [0.5, 0.6) is 5.75 Å². The number of aryl methyl sites for hydroxylation is 1. The summed E-state index contributed by atoms with van der Waals surface area (Å²) in [5.74, 6) is 0.755. The van der Waals surface area contributed by atoms with E-state index < -0.39 is 0 Å². The molecule has 24 heavy (non-hydrogen) atoms.